The van der Waals surface area contributed by atoms with Crippen molar-refractivity contribution in [3.8, 4) is 0 Å². The zero-order chi connectivity index (χ0) is 14.0. The summed E-state index contributed by atoms with van der Waals surface area (Å²) in [6, 6.07) is 8.42. The lowest BCUT2D eigenvalue weighted by molar-refractivity contribution is -0.131. The Morgan fingerprint density at radius 3 is 2.74 bits per heavy atom. The standard InChI is InChI=1S/C15H22N2OS/c1-10-7-5-6-8-13(10)14-16-12(3)15(18)17(14)11(2)9-19-4/h5-8,11-12,14,16H,9H2,1-4H3. The van der Waals surface area contributed by atoms with Gasteiger partial charge in [-0.25, -0.2) is 0 Å². The SMILES string of the molecule is CSCC(C)N1C(=O)C(C)NC1c1ccccc1C. The number of hydrogen-bond donors (Lipinski definition) is 1. The molecular formula is C15H22N2OS. The van der Waals surface area contributed by atoms with E-state index in [4.69, 9.17) is 0 Å². The first-order valence-corrected chi connectivity index (χ1v) is 8.08. The Morgan fingerprint density at radius 1 is 1.42 bits per heavy atom. The van der Waals surface area contributed by atoms with E-state index in [1.807, 2.05) is 24.0 Å². The van der Waals surface area contributed by atoms with Crippen molar-refractivity contribution in [1.82, 2.24) is 10.2 Å². The van der Waals surface area contributed by atoms with E-state index in [0.717, 1.165) is 5.75 Å². The van der Waals surface area contributed by atoms with Gasteiger partial charge in [0.05, 0.1) is 6.04 Å². The Bertz CT molecular complexity index is 463. The second-order valence-corrected chi connectivity index (χ2v) is 6.11. The molecule has 3 atom stereocenters. The van der Waals surface area contributed by atoms with Gasteiger partial charge >= 0.3 is 0 Å². The predicted octanol–water partition coefficient (Wildman–Crippen LogP) is 2.57. The molecule has 1 fully saturated rings. The van der Waals surface area contributed by atoms with Crippen LogP contribution in [-0.4, -0.2) is 34.9 Å². The highest BCUT2D eigenvalue weighted by atomic mass is 32.2. The molecule has 1 aliphatic heterocycles. The molecule has 1 saturated heterocycles. The predicted molar refractivity (Wildman–Crippen MR) is 81.2 cm³/mol. The van der Waals surface area contributed by atoms with E-state index in [0.29, 0.717) is 0 Å². The first-order valence-electron chi connectivity index (χ1n) is 6.69. The number of hydrogen-bond acceptors (Lipinski definition) is 3. The van der Waals surface area contributed by atoms with Crippen molar-refractivity contribution < 1.29 is 4.79 Å². The van der Waals surface area contributed by atoms with E-state index in [9.17, 15) is 4.79 Å². The molecule has 1 N–H and O–H groups in total. The van der Waals surface area contributed by atoms with Crippen LogP contribution in [0.25, 0.3) is 0 Å². The third-order valence-corrected chi connectivity index (χ3v) is 4.49. The van der Waals surface area contributed by atoms with E-state index in [2.05, 4.69) is 37.6 Å². The Balaban J connectivity index is 2.32. The molecule has 1 aliphatic rings. The minimum atomic E-state index is -0.103. The van der Waals surface area contributed by atoms with Crippen LogP contribution in [0.5, 0.6) is 0 Å². The number of amides is 1. The van der Waals surface area contributed by atoms with Crippen LogP contribution in [0, 0.1) is 6.92 Å². The van der Waals surface area contributed by atoms with Crippen molar-refractivity contribution in [2.75, 3.05) is 12.0 Å². The number of carbonyl (C=O) groups is 1. The van der Waals surface area contributed by atoms with Gasteiger partial charge in [0.25, 0.3) is 0 Å². The van der Waals surface area contributed by atoms with Crippen LogP contribution >= 0.6 is 11.8 Å². The molecule has 1 heterocycles. The zero-order valence-electron chi connectivity index (χ0n) is 12.0. The van der Waals surface area contributed by atoms with Gasteiger partial charge in [0.1, 0.15) is 6.17 Å². The molecule has 2 rings (SSSR count). The molecule has 0 aliphatic carbocycles. The maximum atomic E-state index is 12.4. The van der Waals surface area contributed by atoms with E-state index in [1.165, 1.54) is 11.1 Å². The third kappa shape index (κ3) is 2.79. The molecule has 3 nitrogen and oxygen atoms in total. The lowest BCUT2D eigenvalue weighted by Gasteiger charge is -2.31. The Hall–Kier alpha value is -1.00. The molecule has 3 unspecified atom stereocenters. The summed E-state index contributed by atoms with van der Waals surface area (Å²) in [6.45, 7) is 6.17. The summed E-state index contributed by atoms with van der Waals surface area (Å²) < 4.78 is 0. The smallest absolute Gasteiger partial charge is 0.241 e. The number of benzene rings is 1. The molecule has 0 aromatic heterocycles. The summed E-state index contributed by atoms with van der Waals surface area (Å²) in [7, 11) is 0. The first kappa shape index (κ1) is 14.4. The van der Waals surface area contributed by atoms with Gasteiger partial charge in [0, 0.05) is 11.8 Å². The molecule has 4 heteroatoms. The first-order chi connectivity index (χ1) is 9.06. The van der Waals surface area contributed by atoms with Gasteiger partial charge in [-0.1, -0.05) is 24.3 Å². The van der Waals surface area contributed by atoms with Crippen molar-refractivity contribution >= 4 is 17.7 Å². The highest BCUT2D eigenvalue weighted by Crippen LogP contribution is 2.30. The second-order valence-electron chi connectivity index (χ2n) is 5.20. The molecule has 19 heavy (non-hydrogen) atoms. The fraction of sp³-hybridized carbons (Fsp3) is 0.533. The fourth-order valence-corrected chi connectivity index (χ4v) is 3.31. The Labute approximate surface area is 119 Å². The molecule has 1 amide bonds. The quantitative estimate of drug-likeness (QED) is 0.918. The topological polar surface area (TPSA) is 32.3 Å². The van der Waals surface area contributed by atoms with E-state index >= 15 is 0 Å². The van der Waals surface area contributed by atoms with Crippen LogP contribution in [0.2, 0.25) is 0 Å². The molecule has 0 bridgehead atoms. The lowest BCUT2D eigenvalue weighted by Crippen LogP contribution is -2.39. The van der Waals surface area contributed by atoms with Gasteiger partial charge in [0.2, 0.25) is 5.91 Å². The average molecular weight is 278 g/mol. The minimum absolute atomic E-state index is 0.00542. The molecule has 1 aromatic rings. The van der Waals surface area contributed by atoms with Gasteiger partial charge in [0.15, 0.2) is 0 Å². The maximum Gasteiger partial charge on any atom is 0.241 e. The van der Waals surface area contributed by atoms with Gasteiger partial charge in [-0.05, 0) is 38.2 Å². The third-order valence-electron chi connectivity index (χ3n) is 3.68. The van der Waals surface area contributed by atoms with Crippen molar-refractivity contribution in [2.24, 2.45) is 0 Å². The van der Waals surface area contributed by atoms with Gasteiger partial charge < -0.3 is 4.90 Å². The van der Waals surface area contributed by atoms with Gasteiger partial charge in [-0.3, -0.25) is 10.1 Å². The number of thioether (sulfide) groups is 1. The molecule has 0 saturated carbocycles. The summed E-state index contributed by atoms with van der Waals surface area (Å²) in [6.07, 6.45) is 2.09. The van der Waals surface area contributed by atoms with Crippen molar-refractivity contribution in [2.45, 2.75) is 39.0 Å². The fourth-order valence-electron chi connectivity index (χ4n) is 2.67. The normalized spacial score (nSPS) is 24.8. The summed E-state index contributed by atoms with van der Waals surface area (Å²) in [5.74, 6) is 1.16. The molecule has 0 spiro atoms. The number of rotatable bonds is 4. The summed E-state index contributed by atoms with van der Waals surface area (Å²) in [5.41, 5.74) is 2.43. The number of nitrogens with one attached hydrogen (secondary N) is 1. The largest absolute Gasteiger partial charge is 0.318 e. The second kappa shape index (κ2) is 5.97. The van der Waals surface area contributed by atoms with Crippen molar-refractivity contribution in [1.29, 1.82) is 0 Å². The van der Waals surface area contributed by atoms with Crippen LogP contribution in [0.4, 0.5) is 0 Å². The van der Waals surface area contributed by atoms with Crippen LogP contribution < -0.4 is 5.32 Å². The summed E-state index contributed by atoms with van der Waals surface area (Å²) in [5, 5.41) is 3.42. The number of aryl methyl sites for hydroxylation is 1. The van der Waals surface area contributed by atoms with Crippen molar-refractivity contribution in [3.05, 3.63) is 35.4 Å². The molecule has 0 radical (unpaired) electrons. The monoisotopic (exact) mass is 278 g/mol. The number of nitrogens with zero attached hydrogens (tertiary/aromatic N) is 1. The lowest BCUT2D eigenvalue weighted by atomic mass is 10.1. The van der Waals surface area contributed by atoms with E-state index in [-0.39, 0.29) is 24.2 Å². The molecule has 1 aromatic carbocycles. The van der Waals surface area contributed by atoms with E-state index in [1.54, 1.807) is 11.8 Å². The summed E-state index contributed by atoms with van der Waals surface area (Å²) in [4.78, 5) is 14.4. The van der Waals surface area contributed by atoms with Crippen LogP contribution in [0.3, 0.4) is 0 Å². The summed E-state index contributed by atoms with van der Waals surface area (Å²) >= 11 is 1.78. The molecular weight excluding hydrogens is 256 g/mol. The Morgan fingerprint density at radius 2 is 2.11 bits per heavy atom. The van der Waals surface area contributed by atoms with Crippen LogP contribution in [0.1, 0.15) is 31.1 Å². The van der Waals surface area contributed by atoms with Crippen molar-refractivity contribution in [3.63, 3.8) is 0 Å². The van der Waals surface area contributed by atoms with Crippen LogP contribution in [-0.2, 0) is 4.79 Å². The zero-order valence-corrected chi connectivity index (χ0v) is 12.8. The number of carbonyl (C=O) groups excluding carboxylic acids is 1. The minimum Gasteiger partial charge on any atom is -0.318 e. The van der Waals surface area contributed by atoms with Crippen LogP contribution in [0.15, 0.2) is 24.3 Å². The maximum absolute atomic E-state index is 12.4. The van der Waals surface area contributed by atoms with Gasteiger partial charge in [-0.2, -0.15) is 11.8 Å². The molecule has 104 valence electrons. The highest BCUT2D eigenvalue weighted by Gasteiger charge is 2.39. The highest BCUT2D eigenvalue weighted by molar-refractivity contribution is 7.98. The van der Waals surface area contributed by atoms with E-state index < -0.39 is 0 Å². The van der Waals surface area contributed by atoms with Gasteiger partial charge in [-0.15, -0.1) is 0 Å². The average Bonchev–Trinajstić information content (AvgIpc) is 2.66. The Kier molecular flexibility index (Phi) is 4.53.